The Morgan fingerprint density at radius 2 is 2.05 bits per heavy atom. The molecule has 2 rings (SSSR count). The molecule has 1 fully saturated rings. The number of rotatable bonds is 5. The quantitative estimate of drug-likeness (QED) is 0.804. The fourth-order valence-corrected chi connectivity index (χ4v) is 3.06. The summed E-state index contributed by atoms with van der Waals surface area (Å²) in [4.78, 5) is 14.3. The zero-order valence-corrected chi connectivity index (χ0v) is 12.1. The number of benzene rings is 1. The van der Waals surface area contributed by atoms with Crippen molar-refractivity contribution in [2.75, 3.05) is 6.54 Å². The van der Waals surface area contributed by atoms with Gasteiger partial charge in [0.2, 0.25) is 0 Å². The molecule has 1 aromatic carbocycles. The molecule has 0 radical (unpaired) electrons. The molecular formula is C17H25NO. The lowest BCUT2D eigenvalue weighted by atomic mass is 9.87. The molecule has 2 heteroatoms. The first-order chi connectivity index (χ1) is 9.20. The molecule has 0 aromatic heterocycles. The largest absolute Gasteiger partial charge is 0.300 e. The Labute approximate surface area is 116 Å². The number of carbonyl (C=O) groups excluding carboxylic acids is 1. The van der Waals surface area contributed by atoms with Gasteiger partial charge >= 0.3 is 0 Å². The van der Waals surface area contributed by atoms with E-state index in [4.69, 9.17) is 0 Å². The van der Waals surface area contributed by atoms with Gasteiger partial charge in [0.25, 0.3) is 0 Å². The number of carbonyl (C=O) groups is 1. The molecule has 0 spiro atoms. The number of hydrogen-bond donors (Lipinski definition) is 0. The van der Waals surface area contributed by atoms with Gasteiger partial charge < -0.3 is 0 Å². The van der Waals surface area contributed by atoms with Gasteiger partial charge in [0.05, 0.1) is 0 Å². The lowest BCUT2D eigenvalue weighted by Gasteiger charge is -2.40. The third-order valence-electron chi connectivity index (χ3n) is 4.29. The average molecular weight is 259 g/mol. The molecule has 0 N–H and O–H groups in total. The number of hydrogen-bond acceptors (Lipinski definition) is 2. The van der Waals surface area contributed by atoms with E-state index in [-0.39, 0.29) is 0 Å². The summed E-state index contributed by atoms with van der Waals surface area (Å²) in [7, 11) is 0. The first kappa shape index (κ1) is 14.3. The number of nitrogens with zero attached hydrogens (tertiary/aromatic N) is 1. The summed E-state index contributed by atoms with van der Waals surface area (Å²) >= 11 is 0. The van der Waals surface area contributed by atoms with Crippen LogP contribution in [0.5, 0.6) is 0 Å². The maximum Gasteiger partial charge on any atom is 0.134 e. The third kappa shape index (κ3) is 3.90. The summed E-state index contributed by atoms with van der Waals surface area (Å²) in [5, 5.41) is 0. The van der Waals surface area contributed by atoms with Crippen molar-refractivity contribution in [1.82, 2.24) is 4.90 Å². The van der Waals surface area contributed by atoms with Gasteiger partial charge in [0, 0.05) is 25.4 Å². The lowest BCUT2D eigenvalue weighted by Crippen LogP contribution is -2.44. The van der Waals surface area contributed by atoms with Crippen LogP contribution in [0.3, 0.4) is 0 Å². The molecule has 0 saturated carbocycles. The smallest absolute Gasteiger partial charge is 0.134 e. The highest BCUT2D eigenvalue weighted by Crippen LogP contribution is 2.27. The lowest BCUT2D eigenvalue weighted by molar-refractivity contribution is -0.120. The van der Waals surface area contributed by atoms with Crippen molar-refractivity contribution in [3.63, 3.8) is 0 Å². The molecule has 1 aliphatic rings. The average Bonchev–Trinajstić information content (AvgIpc) is 2.43. The maximum atomic E-state index is 11.8. The van der Waals surface area contributed by atoms with E-state index in [2.05, 4.69) is 42.2 Å². The highest BCUT2D eigenvalue weighted by Gasteiger charge is 2.29. The second-order valence-electron chi connectivity index (χ2n) is 5.74. The highest BCUT2D eigenvalue weighted by molar-refractivity contribution is 5.78. The van der Waals surface area contributed by atoms with Crippen molar-refractivity contribution >= 4 is 5.78 Å². The van der Waals surface area contributed by atoms with Crippen LogP contribution in [-0.2, 0) is 11.3 Å². The van der Waals surface area contributed by atoms with Gasteiger partial charge in [-0.05, 0) is 30.9 Å². The first-order valence-corrected chi connectivity index (χ1v) is 7.50. The van der Waals surface area contributed by atoms with Crippen molar-refractivity contribution in [2.24, 2.45) is 5.92 Å². The molecule has 104 valence electrons. The second kappa shape index (κ2) is 6.85. The SMILES string of the molecule is CCC(=O)CC1C(C)CCCN1Cc1ccccc1. The zero-order valence-electron chi connectivity index (χ0n) is 12.1. The summed E-state index contributed by atoms with van der Waals surface area (Å²) in [6.45, 7) is 6.37. The summed E-state index contributed by atoms with van der Waals surface area (Å²) in [5.41, 5.74) is 1.35. The van der Waals surface area contributed by atoms with E-state index < -0.39 is 0 Å². The van der Waals surface area contributed by atoms with Crippen molar-refractivity contribution in [3.05, 3.63) is 35.9 Å². The topological polar surface area (TPSA) is 20.3 Å². The van der Waals surface area contributed by atoms with Gasteiger partial charge in [0.1, 0.15) is 5.78 Å². The minimum Gasteiger partial charge on any atom is -0.300 e. The van der Waals surface area contributed by atoms with E-state index >= 15 is 0 Å². The Morgan fingerprint density at radius 3 is 2.74 bits per heavy atom. The molecule has 19 heavy (non-hydrogen) atoms. The van der Waals surface area contributed by atoms with Crippen LogP contribution in [0.2, 0.25) is 0 Å². The molecule has 2 unspecified atom stereocenters. The normalized spacial score (nSPS) is 24.3. The van der Waals surface area contributed by atoms with Gasteiger partial charge in [-0.2, -0.15) is 0 Å². The molecule has 0 amide bonds. The summed E-state index contributed by atoms with van der Waals surface area (Å²) in [5.74, 6) is 1.03. The minimum absolute atomic E-state index is 0.400. The van der Waals surface area contributed by atoms with Gasteiger partial charge in [-0.15, -0.1) is 0 Å². The first-order valence-electron chi connectivity index (χ1n) is 7.50. The number of likely N-dealkylation sites (tertiary alicyclic amines) is 1. The second-order valence-corrected chi connectivity index (χ2v) is 5.74. The predicted octanol–water partition coefficient (Wildman–Crippen LogP) is 3.66. The molecule has 2 atom stereocenters. The van der Waals surface area contributed by atoms with E-state index in [1.54, 1.807) is 0 Å². The molecule has 0 bridgehead atoms. The van der Waals surface area contributed by atoms with Crippen molar-refractivity contribution in [3.8, 4) is 0 Å². The molecule has 2 nitrogen and oxygen atoms in total. The Kier molecular flexibility index (Phi) is 5.15. The van der Waals surface area contributed by atoms with E-state index in [0.717, 1.165) is 19.5 Å². The van der Waals surface area contributed by atoms with Crippen LogP contribution in [0.25, 0.3) is 0 Å². The number of piperidine rings is 1. The van der Waals surface area contributed by atoms with Gasteiger partial charge in [-0.3, -0.25) is 9.69 Å². The Bertz CT molecular complexity index is 401. The van der Waals surface area contributed by atoms with E-state index in [1.165, 1.54) is 18.4 Å². The minimum atomic E-state index is 0.400. The number of ketones is 1. The highest BCUT2D eigenvalue weighted by atomic mass is 16.1. The summed E-state index contributed by atoms with van der Waals surface area (Å²) in [6.07, 6.45) is 3.91. The van der Waals surface area contributed by atoms with E-state index in [0.29, 0.717) is 24.2 Å². The summed E-state index contributed by atoms with van der Waals surface area (Å²) in [6, 6.07) is 11.0. The van der Waals surface area contributed by atoms with Crippen LogP contribution < -0.4 is 0 Å². The van der Waals surface area contributed by atoms with Gasteiger partial charge in [-0.25, -0.2) is 0 Å². The fourth-order valence-electron chi connectivity index (χ4n) is 3.06. The van der Waals surface area contributed by atoms with Crippen molar-refractivity contribution in [2.45, 2.75) is 52.1 Å². The Balaban J connectivity index is 2.04. The van der Waals surface area contributed by atoms with Crippen LogP contribution in [0.4, 0.5) is 0 Å². The van der Waals surface area contributed by atoms with Crippen LogP contribution >= 0.6 is 0 Å². The maximum absolute atomic E-state index is 11.8. The molecule has 1 aromatic rings. The zero-order chi connectivity index (χ0) is 13.7. The van der Waals surface area contributed by atoms with Crippen molar-refractivity contribution in [1.29, 1.82) is 0 Å². The molecule has 1 heterocycles. The standard InChI is InChI=1S/C17H25NO/c1-3-16(19)12-17-14(2)8-7-11-18(17)13-15-9-5-4-6-10-15/h4-6,9-10,14,17H,3,7-8,11-13H2,1-2H3. The van der Waals surface area contributed by atoms with Gasteiger partial charge in [0.15, 0.2) is 0 Å². The van der Waals surface area contributed by atoms with Crippen LogP contribution in [-0.4, -0.2) is 23.3 Å². The monoisotopic (exact) mass is 259 g/mol. The van der Waals surface area contributed by atoms with E-state index in [9.17, 15) is 4.79 Å². The predicted molar refractivity (Wildman–Crippen MR) is 79.0 cm³/mol. The Hall–Kier alpha value is -1.15. The van der Waals surface area contributed by atoms with E-state index in [1.807, 2.05) is 6.92 Å². The molecule has 1 saturated heterocycles. The number of Topliss-reactive ketones (excluding diaryl/α,β-unsaturated/α-hetero) is 1. The van der Waals surface area contributed by atoms with Crippen molar-refractivity contribution < 1.29 is 4.79 Å². The molecule has 1 aliphatic heterocycles. The summed E-state index contributed by atoms with van der Waals surface area (Å²) < 4.78 is 0. The third-order valence-corrected chi connectivity index (χ3v) is 4.29. The van der Waals surface area contributed by atoms with Gasteiger partial charge in [-0.1, -0.05) is 44.2 Å². The van der Waals surface area contributed by atoms with Crippen LogP contribution in [0, 0.1) is 5.92 Å². The Morgan fingerprint density at radius 1 is 1.32 bits per heavy atom. The van der Waals surface area contributed by atoms with Crippen LogP contribution in [0.1, 0.15) is 45.1 Å². The molecule has 0 aliphatic carbocycles. The fraction of sp³-hybridized carbons (Fsp3) is 0.588. The molecular weight excluding hydrogens is 234 g/mol. The van der Waals surface area contributed by atoms with Crippen LogP contribution in [0.15, 0.2) is 30.3 Å².